The fourth-order valence-corrected chi connectivity index (χ4v) is 1.87. The van der Waals surface area contributed by atoms with E-state index in [4.69, 9.17) is 10.4 Å². The second kappa shape index (κ2) is 3.86. The summed E-state index contributed by atoms with van der Waals surface area (Å²) in [6.07, 6.45) is 2.14. The van der Waals surface area contributed by atoms with Gasteiger partial charge in [-0.15, -0.1) is 0 Å². The smallest absolute Gasteiger partial charge is 0.329 e. The molecule has 2 N–H and O–H groups in total. The fraction of sp³-hybridized carbons (Fsp3) is 0.333. The summed E-state index contributed by atoms with van der Waals surface area (Å²) < 4.78 is 0. The summed E-state index contributed by atoms with van der Waals surface area (Å²) in [5.41, 5.74) is 0.217. The number of hydrogen-bond acceptors (Lipinski definition) is 3. The first-order valence-corrected chi connectivity index (χ1v) is 5.19. The molecule has 0 heterocycles. The van der Waals surface area contributed by atoms with Gasteiger partial charge in [0.15, 0.2) is 0 Å². The van der Waals surface area contributed by atoms with Gasteiger partial charge < -0.3 is 10.4 Å². The lowest BCUT2D eigenvalue weighted by Gasteiger charge is -2.39. The summed E-state index contributed by atoms with van der Waals surface area (Å²) in [4.78, 5) is 11.2. The quantitative estimate of drug-likeness (QED) is 0.810. The zero-order valence-electron chi connectivity index (χ0n) is 8.73. The van der Waals surface area contributed by atoms with E-state index >= 15 is 0 Å². The fourth-order valence-electron chi connectivity index (χ4n) is 1.87. The van der Waals surface area contributed by atoms with Crippen molar-refractivity contribution < 1.29 is 9.90 Å². The summed E-state index contributed by atoms with van der Waals surface area (Å²) in [7, 11) is 0. The van der Waals surface area contributed by atoms with Crippen LogP contribution >= 0.6 is 0 Å². The summed E-state index contributed by atoms with van der Waals surface area (Å²) in [6.45, 7) is 0. The van der Waals surface area contributed by atoms with Crippen LogP contribution in [0, 0.1) is 11.3 Å². The number of benzene rings is 1. The van der Waals surface area contributed by atoms with Crippen molar-refractivity contribution in [1.82, 2.24) is 0 Å². The average molecular weight is 216 g/mol. The van der Waals surface area contributed by atoms with Gasteiger partial charge >= 0.3 is 5.97 Å². The van der Waals surface area contributed by atoms with Crippen LogP contribution in [-0.4, -0.2) is 16.6 Å². The molecule has 1 aromatic rings. The molecule has 1 fully saturated rings. The summed E-state index contributed by atoms with van der Waals surface area (Å²) in [5, 5.41) is 21.1. The zero-order chi connectivity index (χ0) is 11.6. The number of para-hydroxylation sites is 1. The van der Waals surface area contributed by atoms with Gasteiger partial charge in [-0.1, -0.05) is 12.1 Å². The minimum absolute atomic E-state index is 0.482. The first-order valence-electron chi connectivity index (χ1n) is 5.19. The molecule has 0 atom stereocenters. The highest BCUT2D eigenvalue weighted by atomic mass is 16.4. The molecule has 4 nitrogen and oxygen atoms in total. The predicted octanol–water partition coefficient (Wildman–Crippen LogP) is 1.98. The van der Waals surface area contributed by atoms with E-state index in [-0.39, 0.29) is 0 Å². The van der Waals surface area contributed by atoms with Crippen LogP contribution in [0.1, 0.15) is 24.8 Å². The molecule has 0 aliphatic heterocycles. The van der Waals surface area contributed by atoms with Gasteiger partial charge in [0, 0.05) is 0 Å². The van der Waals surface area contributed by atoms with Crippen molar-refractivity contribution in [3.8, 4) is 6.07 Å². The second-order valence-electron chi connectivity index (χ2n) is 4.02. The number of carbonyl (C=O) groups is 1. The Bertz CT molecular complexity index is 458. The van der Waals surface area contributed by atoms with Gasteiger partial charge in [0.05, 0.1) is 11.3 Å². The molecule has 1 aliphatic rings. The molecule has 0 bridgehead atoms. The molecule has 1 aromatic carbocycles. The zero-order valence-corrected chi connectivity index (χ0v) is 8.73. The highest BCUT2D eigenvalue weighted by Crippen LogP contribution is 2.36. The number of carboxylic acids is 1. The maximum absolute atomic E-state index is 11.2. The van der Waals surface area contributed by atoms with Crippen LogP contribution in [0.4, 0.5) is 5.69 Å². The number of hydrogen-bond donors (Lipinski definition) is 2. The van der Waals surface area contributed by atoms with Crippen LogP contribution in [0.3, 0.4) is 0 Å². The first kappa shape index (κ1) is 10.5. The number of anilines is 1. The molecule has 0 unspecified atom stereocenters. The maximum Gasteiger partial charge on any atom is 0.329 e. The number of aliphatic carboxylic acids is 1. The molecule has 0 spiro atoms. The van der Waals surface area contributed by atoms with Crippen LogP contribution in [0.25, 0.3) is 0 Å². The normalized spacial score (nSPS) is 16.9. The van der Waals surface area contributed by atoms with Crippen LogP contribution in [0.2, 0.25) is 0 Å². The summed E-state index contributed by atoms with van der Waals surface area (Å²) in [6, 6.07) is 9.02. The van der Waals surface area contributed by atoms with Crippen LogP contribution in [0.5, 0.6) is 0 Å². The van der Waals surface area contributed by atoms with Crippen molar-refractivity contribution in [3.05, 3.63) is 29.8 Å². The largest absolute Gasteiger partial charge is 0.480 e. The van der Waals surface area contributed by atoms with Gasteiger partial charge in [-0.3, -0.25) is 0 Å². The van der Waals surface area contributed by atoms with Crippen molar-refractivity contribution in [1.29, 1.82) is 5.26 Å². The third-order valence-corrected chi connectivity index (χ3v) is 3.04. The van der Waals surface area contributed by atoms with Gasteiger partial charge in [-0.05, 0) is 31.4 Å². The van der Waals surface area contributed by atoms with Crippen molar-refractivity contribution >= 4 is 11.7 Å². The average Bonchev–Trinajstić information content (AvgIpc) is 2.23. The Kier molecular flexibility index (Phi) is 2.53. The van der Waals surface area contributed by atoms with Crippen molar-refractivity contribution in [2.24, 2.45) is 0 Å². The van der Waals surface area contributed by atoms with E-state index in [1.807, 2.05) is 6.07 Å². The van der Waals surface area contributed by atoms with Gasteiger partial charge in [0.25, 0.3) is 0 Å². The Morgan fingerprint density at radius 1 is 1.44 bits per heavy atom. The number of nitrogens with zero attached hydrogens (tertiary/aromatic N) is 1. The molecule has 1 saturated carbocycles. The SMILES string of the molecule is N#Cc1ccccc1NC1(C(=O)O)CCC1. The van der Waals surface area contributed by atoms with E-state index < -0.39 is 11.5 Å². The van der Waals surface area contributed by atoms with Crippen LogP contribution in [-0.2, 0) is 4.79 Å². The van der Waals surface area contributed by atoms with Gasteiger partial charge in [0.1, 0.15) is 11.6 Å². The number of rotatable bonds is 3. The maximum atomic E-state index is 11.2. The molecule has 1 aliphatic carbocycles. The van der Waals surface area contributed by atoms with E-state index in [1.165, 1.54) is 0 Å². The molecule has 2 rings (SSSR count). The Hall–Kier alpha value is -2.02. The molecule has 0 saturated heterocycles. The van der Waals surface area contributed by atoms with E-state index in [2.05, 4.69) is 5.32 Å². The van der Waals surface area contributed by atoms with E-state index in [9.17, 15) is 4.79 Å². The lowest BCUT2D eigenvalue weighted by atomic mass is 9.76. The van der Waals surface area contributed by atoms with Gasteiger partial charge in [-0.2, -0.15) is 5.26 Å². The van der Waals surface area contributed by atoms with Crippen molar-refractivity contribution in [3.63, 3.8) is 0 Å². The molecule has 0 radical (unpaired) electrons. The topological polar surface area (TPSA) is 73.1 Å². The molecule has 0 amide bonds. The van der Waals surface area contributed by atoms with Gasteiger partial charge in [0.2, 0.25) is 0 Å². The second-order valence-corrected chi connectivity index (χ2v) is 4.02. The monoisotopic (exact) mass is 216 g/mol. The standard InChI is InChI=1S/C12H12N2O2/c13-8-9-4-1-2-5-10(9)14-12(11(15)16)6-3-7-12/h1-2,4-5,14H,3,6-7H2,(H,15,16). The number of nitriles is 1. The van der Waals surface area contributed by atoms with Crippen molar-refractivity contribution in [2.45, 2.75) is 24.8 Å². The third-order valence-electron chi connectivity index (χ3n) is 3.04. The Morgan fingerprint density at radius 3 is 2.62 bits per heavy atom. The molecule has 4 heteroatoms. The molecular weight excluding hydrogens is 204 g/mol. The highest BCUT2D eigenvalue weighted by molar-refractivity contribution is 5.84. The highest BCUT2D eigenvalue weighted by Gasteiger charge is 2.44. The minimum Gasteiger partial charge on any atom is -0.480 e. The Labute approximate surface area is 93.5 Å². The Balaban J connectivity index is 2.27. The molecule has 16 heavy (non-hydrogen) atoms. The third kappa shape index (κ3) is 1.61. The van der Waals surface area contributed by atoms with Crippen LogP contribution in [0.15, 0.2) is 24.3 Å². The molecular formula is C12H12N2O2. The van der Waals surface area contributed by atoms with Gasteiger partial charge in [-0.25, -0.2) is 4.79 Å². The lowest BCUT2D eigenvalue weighted by Crippen LogP contribution is -2.52. The number of carboxylic acid groups (broad SMARTS) is 1. The first-order chi connectivity index (χ1) is 7.68. The summed E-state index contributed by atoms with van der Waals surface area (Å²) in [5.74, 6) is -0.841. The predicted molar refractivity (Wildman–Crippen MR) is 59.0 cm³/mol. The molecule has 0 aromatic heterocycles. The van der Waals surface area contributed by atoms with E-state index in [1.54, 1.807) is 24.3 Å². The molecule has 82 valence electrons. The number of nitrogens with one attached hydrogen (secondary N) is 1. The summed E-state index contributed by atoms with van der Waals surface area (Å²) >= 11 is 0. The Morgan fingerprint density at radius 2 is 2.12 bits per heavy atom. The minimum atomic E-state index is -0.868. The van der Waals surface area contributed by atoms with E-state index in [0.29, 0.717) is 24.1 Å². The lowest BCUT2D eigenvalue weighted by molar-refractivity contribution is -0.145. The van der Waals surface area contributed by atoms with Crippen LogP contribution < -0.4 is 5.32 Å². The van der Waals surface area contributed by atoms with Crippen molar-refractivity contribution in [2.75, 3.05) is 5.32 Å². The van der Waals surface area contributed by atoms with E-state index in [0.717, 1.165) is 6.42 Å².